The van der Waals surface area contributed by atoms with Crippen LogP contribution in [0.1, 0.15) is 15.4 Å². The zero-order valence-corrected chi connectivity index (χ0v) is 10.6. The average Bonchev–Trinajstić information content (AvgIpc) is 2.90. The van der Waals surface area contributed by atoms with Crippen LogP contribution in [-0.4, -0.2) is 30.8 Å². The summed E-state index contributed by atoms with van der Waals surface area (Å²) in [5, 5.41) is 17.9. The number of nitrogens with zero attached hydrogens (tertiary/aromatic N) is 3. The summed E-state index contributed by atoms with van der Waals surface area (Å²) in [6, 6.07) is 4.44. The molecule has 2 heterocycles. The van der Waals surface area contributed by atoms with Crippen LogP contribution >= 0.6 is 11.3 Å². The van der Waals surface area contributed by atoms with Crippen molar-refractivity contribution in [3.63, 3.8) is 0 Å². The standard InChI is InChI=1S/C11H8N4O3S/c1-5-13-14-11(19-5)15-8-3-2-6(9(16)17)4-7(8)12-10(15)18/h2-4H,1H3,(H,12,18)(H,16,17). The van der Waals surface area contributed by atoms with Crippen molar-refractivity contribution in [3.05, 3.63) is 39.3 Å². The summed E-state index contributed by atoms with van der Waals surface area (Å²) in [6.07, 6.45) is 0. The second-order valence-corrected chi connectivity index (χ2v) is 5.07. The molecule has 2 aromatic heterocycles. The van der Waals surface area contributed by atoms with Crippen molar-refractivity contribution < 1.29 is 9.90 Å². The van der Waals surface area contributed by atoms with Crippen LogP contribution in [0, 0.1) is 6.92 Å². The summed E-state index contributed by atoms with van der Waals surface area (Å²) in [5.74, 6) is -1.04. The first-order valence-corrected chi connectivity index (χ1v) is 6.16. The van der Waals surface area contributed by atoms with Crippen molar-refractivity contribution in [3.8, 4) is 5.13 Å². The van der Waals surface area contributed by atoms with Gasteiger partial charge in [-0.3, -0.25) is 0 Å². The van der Waals surface area contributed by atoms with Gasteiger partial charge < -0.3 is 10.1 Å². The molecule has 2 N–H and O–H groups in total. The van der Waals surface area contributed by atoms with Gasteiger partial charge in [-0.1, -0.05) is 11.3 Å². The molecule has 96 valence electrons. The lowest BCUT2D eigenvalue weighted by atomic mass is 10.2. The molecule has 0 aliphatic heterocycles. The van der Waals surface area contributed by atoms with Crippen molar-refractivity contribution >= 4 is 28.3 Å². The highest BCUT2D eigenvalue weighted by Crippen LogP contribution is 2.19. The van der Waals surface area contributed by atoms with Crippen LogP contribution in [-0.2, 0) is 0 Å². The van der Waals surface area contributed by atoms with Crippen LogP contribution in [0.15, 0.2) is 23.0 Å². The number of carboxylic acids is 1. The smallest absolute Gasteiger partial charge is 0.335 e. The number of H-pyrrole nitrogens is 1. The Morgan fingerprint density at radius 2 is 2.21 bits per heavy atom. The first kappa shape index (κ1) is 11.6. The number of carboxylic acid groups (broad SMARTS) is 1. The number of nitrogens with one attached hydrogen (secondary N) is 1. The lowest BCUT2D eigenvalue weighted by molar-refractivity contribution is 0.0697. The molecule has 0 spiro atoms. The minimum absolute atomic E-state index is 0.120. The van der Waals surface area contributed by atoms with Crippen LogP contribution in [0.4, 0.5) is 0 Å². The van der Waals surface area contributed by atoms with Crippen LogP contribution in [0.25, 0.3) is 16.2 Å². The van der Waals surface area contributed by atoms with Crippen LogP contribution in [0.2, 0.25) is 0 Å². The van der Waals surface area contributed by atoms with Crippen LogP contribution in [0.5, 0.6) is 0 Å². The van der Waals surface area contributed by atoms with E-state index in [0.29, 0.717) is 16.2 Å². The summed E-state index contributed by atoms with van der Waals surface area (Å²) in [7, 11) is 0. The fraction of sp³-hybridized carbons (Fsp3) is 0.0909. The Morgan fingerprint density at radius 3 is 2.84 bits per heavy atom. The zero-order chi connectivity index (χ0) is 13.6. The second-order valence-electron chi connectivity index (χ2n) is 3.91. The maximum atomic E-state index is 11.9. The SMILES string of the molecule is Cc1nnc(-n2c(=O)[nH]c3cc(C(=O)O)ccc32)s1. The zero-order valence-electron chi connectivity index (χ0n) is 9.75. The molecule has 8 heteroatoms. The van der Waals surface area contributed by atoms with E-state index in [2.05, 4.69) is 15.2 Å². The lowest BCUT2D eigenvalue weighted by Crippen LogP contribution is -2.14. The predicted molar refractivity (Wildman–Crippen MR) is 69.1 cm³/mol. The first-order chi connectivity index (χ1) is 9.06. The Hall–Kier alpha value is -2.48. The first-order valence-electron chi connectivity index (χ1n) is 5.35. The van der Waals surface area contributed by atoms with E-state index in [-0.39, 0.29) is 11.3 Å². The molecule has 0 saturated heterocycles. The van der Waals surface area contributed by atoms with Gasteiger partial charge in [0.15, 0.2) is 0 Å². The fourth-order valence-corrected chi connectivity index (χ4v) is 2.51. The van der Waals surface area contributed by atoms with Crippen molar-refractivity contribution in [2.45, 2.75) is 6.92 Å². The Balaban J connectivity index is 2.29. The highest BCUT2D eigenvalue weighted by atomic mass is 32.1. The van der Waals surface area contributed by atoms with Gasteiger partial charge in [-0.05, 0) is 25.1 Å². The molecule has 0 aliphatic rings. The number of benzene rings is 1. The summed E-state index contributed by atoms with van der Waals surface area (Å²) in [5.41, 5.74) is 0.784. The number of hydrogen-bond donors (Lipinski definition) is 2. The van der Waals surface area contributed by atoms with Gasteiger partial charge in [-0.25, -0.2) is 14.2 Å². The maximum Gasteiger partial charge on any atom is 0.335 e. The van der Waals surface area contributed by atoms with E-state index in [0.717, 1.165) is 5.01 Å². The van der Waals surface area contributed by atoms with Gasteiger partial charge in [0.05, 0.1) is 16.6 Å². The topological polar surface area (TPSA) is 101 Å². The van der Waals surface area contributed by atoms with Crippen molar-refractivity contribution in [1.29, 1.82) is 0 Å². The molecule has 0 radical (unpaired) electrons. The lowest BCUT2D eigenvalue weighted by Gasteiger charge is -1.97. The molecule has 0 bridgehead atoms. The number of aromatic nitrogens is 4. The molecule has 0 fully saturated rings. The highest BCUT2D eigenvalue weighted by molar-refractivity contribution is 7.13. The van der Waals surface area contributed by atoms with E-state index in [1.165, 1.54) is 28.0 Å². The van der Waals surface area contributed by atoms with E-state index in [9.17, 15) is 9.59 Å². The molecule has 0 unspecified atom stereocenters. The fourth-order valence-electron chi connectivity index (χ4n) is 1.81. The third kappa shape index (κ3) is 1.82. The normalized spacial score (nSPS) is 11.0. The molecular formula is C11H8N4O3S. The Morgan fingerprint density at radius 1 is 1.42 bits per heavy atom. The number of aromatic carboxylic acids is 1. The summed E-state index contributed by atoms with van der Waals surface area (Å²) in [6.45, 7) is 1.80. The number of carbonyl (C=O) groups is 1. The number of fused-ring (bicyclic) bond motifs is 1. The highest BCUT2D eigenvalue weighted by Gasteiger charge is 2.14. The largest absolute Gasteiger partial charge is 0.478 e. The summed E-state index contributed by atoms with van der Waals surface area (Å²) >= 11 is 1.29. The van der Waals surface area contributed by atoms with Gasteiger partial charge in [0.25, 0.3) is 0 Å². The number of rotatable bonds is 2. The Bertz CT molecular complexity index is 845. The van der Waals surface area contributed by atoms with E-state index in [1.807, 2.05) is 0 Å². The van der Waals surface area contributed by atoms with Gasteiger partial charge >= 0.3 is 11.7 Å². The van der Waals surface area contributed by atoms with Gasteiger partial charge in [-0.2, -0.15) is 0 Å². The monoisotopic (exact) mass is 276 g/mol. The predicted octanol–water partition coefficient (Wildman–Crippen LogP) is 1.18. The Labute approximate surface area is 110 Å². The van der Waals surface area contributed by atoms with E-state index >= 15 is 0 Å². The quantitative estimate of drug-likeness (QED) is 0.731. The van der Waals surface area contributed by atoms with Gasteiger partial charge in [0.2, 0.25) is 5.13 Å². The number of aryl methyl sites for hydroxylation is 1. The van der Waals surface area contributed by atoms with Crippen molar-refractivity contribution in [2.75, 3.05) is 0 Å². The summed E-state index contributed by atoms with van der Waals surface area (Å²) < 4.78 is 1.38. The average molecular weight is 276 g/mol. The maximum absolute atomic E-state index is 11.9. The third-order valence-corrected chi connectivity index (χ3v) is 3.46. The molecule has 1 aromatic carbocycles. The molecule has 19 heavy (non-hydrogen) atoms. The van der Waals surface area contributed by atoms with E-state index in [1.54, 1.807) is 13.0 Å². The van der Waals surface area contributed by atoms with Gasteiger partial charge in [0.1, 0.15) is 5.01 Å². The number of imidazole rings is 1. The van der Waals surface area contributed by atoms with Gasteiger partial charge in [-0.15, -0.1) is 10.2 Å². The third-order valence-electron chi connectivity index (χ3n) is 2.64. The van der Waals surface area contributed by atoms with E-state index < -0.39 is 5.97 Å². The van der Waals surface area contributed by atoms with Gasteiger partial charge in [0, 0.05) is 0 Å². The second kappa shape index (κ2) is 4.02. The molecule has 3 aromatic rings. The molecule has 0 amide bonds. The molecule has 0 atom stereocenters. The molecule has 3 rings (SSSR count). The summed E-state index contributed by atoms with van der Waals surface area (Å²) in [4.78, 5) is 25.4. The van der Waals surface area contributed by atoms with Crippen LogP contribution in [0.3, 0.4) is 0 Å². The number of hydrogen-bond acceptors (Lipinski definition) is 5. The van der Waals surface area contributed by atoms with Crippen molar-refractivity contribution in [2.24, 2.45) is 0 Å². The number of aromatic amines is 1. The van der Waals surface area contributed by atoms with E-state index in [4.69, 9.17) is 5.11 Å². The van der Waals surface area contributed by atoms with Crippen molar-refractivity contribution in [1.82, 2.24) is 19.7 Å². The Kier molecular flexibility index (Phi) is 2.46. The van der Waals surface area contributed by atoms with Crippen LogP contribution < -0.4 is 5.69 Å². The molecular weight excluding hydrogens is 268 g/mol. The molecule has 0 aliphatic carbocycles. The molecule has 0 saturated carbocycles. The molecule has 7 nitrogen and oxygen atoms in total. The minimum atomic E-state index is -1.04. The minimum Gasteiger partial charge on any atom is -0.478 e.